The third-order valence-electron chi connectivity index (χ3n) is 6.76. The van der Waals surface area contributed by atoms with Crippen LogP contribution < -0.4 is 5.32 Å². The van der Waals surface area contributed by atoms with Crippen LogP contribution in [-0.4, -0.2) is 119 Å². The zero-order chi connectivity index (χ0) is 40.9. The molecule has 294 valence electrons. The smallest absolute Gasteiger partial charge is 0.475 e. The summed E-state index contributed by atoms with van der Waals surface area (Å²) in [5.74, 6) is -7.57. The van der Waals surface area contributed by atoms with Gasteiger partial charge in [-0.05, 0) is 49.0 Å². The highest BCUT2D eigenvalue weighted by Gasteiger charge is 2.39. The first-order valence-electron chi connectivity index (χ1n) is 14.7. The van der Waals surface area contributed by atoms with Gasteiger partial charge in [-0.1, -0.05) is 6.07 Å². The number of fused-ring (bicyclic) bond motifs is 1. The zero-order valence-corrected chi connectivity index (χ0v) is 27.5. The van der Waals surface area contributed by atoms with E-state index < -0.39 is 36.4 Å². The van der Waals surface area contributed by atoms with Crippen LogP contribution in [-0.2, 0) is 27.5 Å². The normalized spacial score (nSPS) is 15.0. The topological polar surface area (TPSA) is 203 Å². The number of carbonyl (C=O) groups excluding carboxylic acids is 1. The van der Waals surface area contributed by atoms with Gasteiger partial charge in [0.1, 0.15) is 0 Å². The molecule has 54 heavy (non-hydrogen) atoms. The number of amides is 1. The summed E-state index contributed by atoms with van der Waals surface area (Å²) in [7, 11) is 2.11. The Kier molecular flexibility index (Phi) is 15.8. The van der Waals surface area contributed by atoms with Crippen molar-refractivity contribution >= 4 is 29.5 Å². The lowest BCUT2D eigenvalue weighted by Gasteiger charge is -2.38. The summed E-state index contributed by atoms with van der Waals surface area (Å²) < 4.78 is 97.1. The highest BCUT2D eigenvalue weighted by molar-refractivity contribution is 5.94. The van der Waals surface area contributed by atoms with Gasteiger partial charge in [-0.15, -0.1) is 10.2 Å². The average molecular weight is 785 g/mol. The summed E-state index contributed by atoms with van der Waals surface area (Å²) in [4.78, 5) is 52.6. The predicted octanol–water partition coefficient (Wildman–Crippen LogP) is 3.84. The van der Waals surface area contributed by atoms with Gasteiger partial charge in [0.05, 0.1) is 17.3 Å². The van der Waals surface area contributed by atoms with Crippen LogP contribution in [0.1, 0.15) is 33.5 Å². The molecule has 0 aliphatic carbocycles. The SMILES string of the molecule is CN1CCN(Cc2ccccn2)CC1c1nnc2ccc(C(=O)NCc3ccncc3)cn12.O=C(O)C(F)(F)F.O=C(O)C(F)(F)F.O=C(O)C(F)(F)F. The molecular formula is C30H29F9N8O7. The van der Waals surface area contributed by atoms with Crippen LogP contribution in [0.4, 0.5) is 39.5 Å². The largest absolute Gasteiger partial charge is 0.490 e. The molecule has 0 bridgehead atoms. The lowest BCUT2D eigenvalue weighted by Crippen LogP contribution is -2.46. The number of pyridine rings is 3. The van der Waals surface area contributed by atoms with E-state index in [-0.39, 0.29) is 11.9 Å². The van der Waals surface area contributed by atoms with Crippen LogP contribution in [0.15, 0.2) is 67.3 Å². The number of carboxylic acids is 3. The summed E-state index contributed by atoms with van der Waals surface area (Å²) in [6, 6.07) is 13.5. The second-order valence-electron chi connectivity index (χ2n) is 10.7. The Morgan fingerprint density at radius 1 is 0.778 bits per heavy atom. The first kappa shape index (κ1) is 44.3. The lowest BCUT2D eigenvalue weighted by molar-refractivity contribution is -0.193. The number of aliphatic carboxylic acids is 3. The Morgan fingerprint density at radius 2 is 1.33 bits per heavy atom. The summed E-state index contributed by atoms with van der Waals surface area (Å²) >= 11 is 0. The number of hydrogen-bond acceptors (Lipinski definition) is 10. The fraction of sp³-hybridized carbons (Fsp3) is 0.333. The number of aromatic nitrogens is 5. The molecule has 0 spiro atoms. The van der Waals surface area contributed by atoms with Crippen molar-refractivity contribution < 1.29 is 74.0 Å². The Balaban J connectivity index is 0.000000393. The van der Waals surface area contributed by atoms with E-state index >= 15 is 0 Å². The van der Waals surface area contributed by atoms with Gasteiger partial charge in [0, 0.05) is 57.5 Å². The number of carboxylic acid groups (broad SMARTS) is 3. The number of piperazine rings is 1. The molecule has 0 radical (unpaired) electrons. The molecule has 1 aliphatic heterocycles. The van der Waals surface area contributed by atoms with Gasteiger partial charge < -0.3 is 20.6 Å². The lowest BCUT2D eigenvalue weighted by atomic mass is 10.1. The third kappa shape index (κ3) is 14.6. The molecule has 0 aromatic carbocycles. The van der Waals surface area contributed by atoms with Crippen LogP contribution in [0, 0.1) is 0 Å². The van der Waals surface area contributed by atoms with E-state index in [1.54, 1.807) is 18.5 Å². The second-order valence-corrected chi connectivity index (χ2v) is 10.7. The molecule has 4 aromatic heterocycles. The molecule has 4 aromatic rings. The third-order valence-corrected chi connectivity index (χ3v) is 6.76. The quantitative estimate of drug-likeness (QED) is 0.206. The molecule has 1 amide bonds. The number of nitrogens with zero attached hydrogens (tertiary/aromatic N) is 7. The molecule has 1 saturated heterocycles. The minimum Gasteiger partial charge on any atom is -0.475 e. The number of halogens is 9. The molecule has 24 heteroatoms. The molecule has 1 atom stereocenters. The van der Waals surface area contributed by atoms with Crippen LogP contribution >= 0.6 is 0 Å². The number of alkyl halides is 9. The van der Waals surface area contributed by atoms with Crippen molar-refractivity contribution in [3.8, 4) is 0 Å². The maximum absolute atomic E-state index is 12.8. The van der Waals surface area contributed by atoms with E-state index in [0.29, 0.717) is 12.1 Å². The first-order chi connectivity index (χ1) is 25.0. The van der Waals surface area contributed by atoms with Crippen LogP contribution in [0.3, 0.4) is 0 Å². The van der Waals surface area contributed by atoms with Crippen molar-refractivity contribution in [3.63, 3.8) is 0 Å². The summed E-state index contributed by atoms with van der Waals surface area (Å²) in [5, 5.41) is 33.2. The zero-order valence-electron chi connectivity index (χ0n) is 27.5. The number of likely N-dealkylation sites (N-methyl/N-ethyl adjacent to an activating group) is 1. The maximum Gasteiger partial charge on any atom is 0.490 e. The highest BCUT2D eigenvalue weighted by Crippen LogP contribution is 2.24. The number of carbonyl (C=O) groups is 4. The second kappa shape index (κ2) is 19.2. The Morgan fingerprint density at radius 3 is 1.83 bits per heavy atom. The predicted molar refractivity (Wildman–Crippen MR) is 164 cm³/mol. The van der Waals surface area contributed by atoms with Gasteiger partial charge in [-0.3, -0.25) is 29.0 Å². The Labute approximate surface area is 297 Å². The Bertz CT molecular complexity index is 1790. The van der Waals surface area contributed by atoms with Gasteiger partial charge in [-0.25, -0.2) is 14.4 Å². The molecule has 5 heterocycles. The van der Waals surface area contributed by atoms with Gasteiger partial charge >= 0.3 is 36.4 Å². The van der Waals surface area contributed by atoms with Gasteiger partial charge in [0.25, 0.3) is 5.91 Å². The fourth-order valence-corrected chi connectivity index (χ4v) is 4.13. The molecule has 15 nitrogen and oxygen atoms in total. The van der Waals surface area contributed by atoms with Crippen molar-refractivity contribution in [2.75, 3.05) is 26.7 Å². The molecule has 5 rings (SSSR count). The van der Waals surface area contributed by atoms with Crippen molar-refractivity contribution in [2.24, 2.45) is 0 Å². The minimum absolute atomic E-state index is 0.0626. The molecule has 1 unspecified atom stereocenters. The first-order valence-corrected chi connectivity index (χ1v) is 14.7. The Hall–Kier alpha value is -5.91. The van der Waals surface area contributed by atoms with Gasteiger partial charge in [-0.2, -0.15) is 39.5 Å². The van der Waals surface area contributed by atoms with Crippen LogP contribution in [0.5, 0.6) is 0 Å². The molecule has 1 fully saturated rings. The monoisotopic (exact) mass is 784 g/mol. The van der Waals surface area contributed by atoms with E-state index in [9.17, 15) is 44.3 Å². The van der Waals surface area contributed by atoms with Crippen LogP contribution in [0.25, 0.3) is 5.65 Å². The van der Waals surface area contributed by atoms with Crippen molar-refractivity contribution in [1.29, 1.82) is 0 Å². The molecular weight excluding hydrogens is 755 g/mol. The average Bonchev–Trinajstić information content (AvgIpc) is 3.52. The molecule has 4 N–H and O–H groups in total. The highest BCUT2D eigenvalue weighted by atomic mass is 19.4. The summed E-state index contributed by atoms with van der Waals surface area (Å²) in [5.41, 5.74) is 3.36. The maximum atomic E-state index is 12.8. The molecule has 1 aliphatic rings. The van der Waals surface area contributed by atoms with Crippen molar-refractivity contribution in [2.45, 2.75) is 37.7 Å². The van der Waals surface area contributed by atoms with E-state index in [1.807, 2.05) is 47.1 Å². The number of rotatable bonds is 6. The van der Waals surface area contributed by atoms with Gasteiger partial charge in [0.2, 0.25) is 0 Å². The van der Waals surface area contributed by atoms with E-state index in [4.69, 9.17) is 29.7 Å². The van der Waals surface area contributed by atoms with E-state index in [0.717, 1.165) is 48.9 Å². The molecule has 0 saturated carbocycles. The van der Waals surface area contributed by atoms with E-state index in [2.05, 4.69) is 48.4 Å². The fourth-order valence-electron chi connectivity index (χ4n) is 4.13. The standard InChI is InChI=1S/C24H26N8O.3C2HF3O2/c1-30-12-13-31(16-20-4-2-3-9-26-20)17-21(30)23-29-28-22-6-5-19(15-32(22)23)24(33)27-14-18-7-10-25-11-8-18;3*3-2(4,5)1(6)7/h2-11,15,21H,12-14,16-17H2,1H3,(H,27,33);3*(H,6,7). The minimum atomic E-state index is -5.08. The number of nitrogens with one attached hydrogen (secondary N) is 1. The van der Waals surface area contributed by atoms with Crippen molar-refractivity contribution in [3.05, 3.63) is 89.9 Å². The van der Waals surface area contributed by atoms with Crippen LogP contribution in [0.2, 0.25) is 0 Å². The number of hydrogen-bond donors (Lipinski definition) is 4. The summed E-state index contributed by atoms with van der Waals surface area (Å²) in [6.07, 6.45) is -8.15. The van der Waals surface area contributed by atoms with E-state index in [1.165, 1.54) is 0 Å². The summed E-state index contributed by atoms with van der Waals surface area (Å²) in [6.45, 7) is 3.93. The van der Waals surface area contributed by atoms with Gasteiger partial charge in [0.15, 0.2) is 11.5 Å². The van der Waals surface area contributed by atoms with Crippen molar-refractivity contribution in [1.82, 2.24) is 39.7 Å².